The normalized spacial score (nSPS) is 13.3. The van der Waals surface area contributed by atoms with E-state index in [0.29, 0.717) is 11.1 Å². The monoisotopic (exact) mass is 177 g/mol. The molecule has 0 aliphatic rings. The zero-order valence-corrected chi connectivity index (χ0v) is 7.96. The molecule has 0 spiro atoms. The Morgan fingerprint density at radius 2 is 2.15 bits per heavy atom. The summed E-state index contributed by atoms with van der Waals surface area (Å²) in [7, 11) is 0. The highest BCUT2D eigenvalue weighted by molar-refractivity contribution is 5.75. The minimum absolute atomic E-state index is 0.0918. The molecule has 2 heterocycles. The smallest absolute Gasteiger partial charge is 0.174 e. The summed E-state index contributed by atoms with van der Waals surface area (Å²) >= 11 is 0. The van der Waals surface area contributed by atoms with Gasteiger partial charge in [0, 0.05) is 11.5 Å². The Labute approximate surface area is 78.2 Å². The maximum Gasteiger partial charge on any atom is 0.174 e. The van der Waals surface area contributed by atoms with E-state index in [0.717, 1.165) is 5.69 Å². The molecule has 0 unspecified atom stereocenters. The Morgan fingerprint density at radius 1 is 1.38 bits per heavy atom. The van der Waals surface area contributed by atoms with Gasteiger partial charge in [-0.05, 0) is 0 Å². The molecule has 2 aromatic rings. The fraction of sp³-hybridized carbons (Fsp3) is 0.400. The van der Waals surface area contributed by atoms with E-state index in [4.69, 9.17) is 5.79 Å². The van der Waals surface area contributed by atoms with Crippen LogP contribution in [0.15, 0.2) is 23.1 Å². The van der Waals surface area contributed by atoms with Crippen LogP contribution in [-0.4, -0.2) is 9.97 Å². The Kier molecular flexibility index (Phi) is 1.39. The first-order valence-electron chi connectivity index (χ1n) is 4.70. The molecule has 3 heteroatoms. The molecular formula is C10H12N2O. The van der Waals surface area contributed by atoms with Gasteiger partial charge in [0.25, 0.3) is 0 Å². The van der Waals surface area contributed by atoms with Gasteiger partial charge < -0.3 is 4.42 Å². The molecule has 3 nitrogen and oxygen atoms in total. The molecule has 2 aromatic heterocycles. The van der Waals surface area contributed by atoms with Crippen molar-refractivity contribution in [1.82, 2.24) is 9.97 Å². The zero-order valence-electron chi connectivity index (χ0n) is 8.96. The summed E-state index contributed by atoms with van der Waals surface area (Å²) in [4.78, 5) is 8.25. The molecule has 0 N–H and O–H groups in total. The van der Waals surface area contributed by atoms with Crippen molar-refractivity contribution >= 4 is 11.1 Å². The molecule has 0 aliphatic carbocycles. The fourth-order valence-electron chi connectivity index (χ4n) is 1.27. The molecular weight excluding hydrogens is 164 g/mol. The molecule has 2 rings (SSSR count). The molecule has 0 saturated carbocycles. The summed E-state index contributed by atoms with van der Waals surface area (Å²) < 4.78 is 12.7. The third kappa shape index (κ3) is 1.30. The first kappa shape index (κ1) is 7.06. The van der Waals surface area contributed by atoms with Crippen LogP contribution >= 0.6 is 0 Å². The quantitative estimate of drug-likeness (QED) is 0.620. The summed E-state index contributed by atoms with van der Waals surface area (Å²) in [6, 6.07) is 1.60. The topological polar surface area (TPSA) is 38.9 Å². The minimum Gasteiger partial charge on any atom is -0.461 e. The lowest BCUT2D eigenvalue weighted by Gasteiger charge is -2.16. The molecule has 68 valence electrons. The van der Waals surface area contributed by atoms with E-state index in [-0.39, 0.29) is 11.7 Å². The Balaban J connectivity index is 2.77. The molecule has 13 heavy (non-hydrogen) atoms. The average molecular weight is 177 g/mol. The van der Waals surface area contributed by atoms with E-state index in [9.17, 15) is 0 Å². The summed E-state index contributed by atoms with van der Waals surface area (Å²) in [5.74, 6) is 0. The second-order valence-electron chi connectivity index (χ2n) is 4.05. The van der Waals surface area contributed by atoms with Crippen LogP contribution in [0.25, 0.3) is 11.1 Å². The molecule has 0 amide bonds. The van der Waals surface area contributed by atoms with Gasteiger partial charge in [0.2, 0.25) is 0 Å². The number of hydrogen-bond donors (Lipinski definition) is 0. The van der Waals surface area contributed by atoms with Gasteiger partial charge in [0.05, 0.1) is 11.9 Å². The largest absolute Gasteiger partial charge is 0.461 e. The number of hydrogen-bond acceptors (Lipinski definition) is 3. The van der Waals surface area contributed by atoms with Crippen molar-refractivity contribution in [2.24, 2.45) is 0 Å². The third-order valence-electron chi connectivity index (χ3n) is 1.90. The van der Waals surface area contributed by atoms with Gasteiger partial charge in [-0.1, -0.05) is 20.8 Å². The van der Waals surface area contributed by atoms with Gasteiger partial charge >= 0.3 is 0 Å². The van der Waals surface area contributed by atoms with E-state index in [1.54, 1.807) is 6.07 Å². The molecule has 0 bridgehead atoms. The van der Waals surface area contributed by atoms with Crippen molar-refractivity contribution in [2.75, 3.05) is 0 Å². The average Bonchev–Trinajstić information content (AvgIpc) is 2.41. The highest BCUT2D eigenvalue weighted by Crippen LogP contribution is 2.26. The lowest BCUT2D eigenvalue weighted by Crippen LogP contribution is -2.13. The van der Waals surface area contributed by atoms with Crippen molar-refractivity contribution in [3.05, 3.63) is 24.3 Å². The van der Waals surface area contributed by atoms with Gasteiger partial charge in [0.15, 0.2) is 5.58 Å². The Bertz CT molecular complexity index is 470. The van der Waals surface area contributed by atoms with Crippen LogP contribution in [0.2, 0.25) is 0 Å². The summed E-state index contributed by atoms with van der Waals surface area (Å²) in [6.07, 6.45) is 1.64. The predicted molar refractivity (Wildman–Crippen MR) is 50.5 cm³/mol. The van der Waals surface area contributed by atoms with Crippen molar-refractivity contribution in [2.45, 2.75) is 26.2 Å². The van der Waals surface area contributed by atoms with Crippen LogP contribution in [0.3, 0.4) is 0 Å². The maximum absolute atomic E-state index is 7.39. The summed E-state index contributed by atoms with van der Waals surface area (Å²) in [5.41, 5.74) is 2.09. The number of nitrogens with zero attached hydrogens (tertiary/aromatic N) is 2. The molecule has 0 radical (unpaired) electrons. The number of fused-ring (bicyclic) bond motifs is 1. The van der Waals surface area contributed by atoms with Crippen LogP contribution in [0, 0.1) is 0 Å². The van der Waals surface area contributed by atoms with Crippen LogP contribution in [0.4, 0.5) is 0 Å². The fourth-order valence-corrected chi connectivity index (χ4v) is 1.27. The first-order valence-corrected chi connectivity index (χ1v) is 4.20. The highest BCUT2D eigenvalue weighted by Gasteiger charge is 2.20. The molecule has 0 aliphatic heterocycles. The van der Waals surface area contributed by atoms with Gasteiger partial charge in [-0.2, -0.15) is 0 Å². The standard InChI is InChI=1S/C10H12N2O/c1-10(2,3)9-8-7(4-5-13-8)11-6-12-9/h4-6H,1-3H3/i5D. The van der Waals surface area contributed by atoms with Crippen molar-refractivity contribution in [1.29, 1.82) is 0 Å². The van der Waals surface area contributed by atoms with Gasteiger partial charge in [-0.15, -0.1) is 0 Å². The molecule has 0 fully saturated rings. The van der Waals surface area contributed by atoms with Crippen LogP contribution in [0.5, 0.6) is 0 Å². The highest BCUT2D eigenvalue weighted by atomic mass is 16.3. The number of rotatable bonds is 0. The van der Waals surface area contributed by atoms with E-state index in [2.05, 4.69) is 30.7 Å². The SMILES string of the molecule is [2H]c1cc2ncnc(C(C)(C)C)c2o1. The number of furan rings is 1. The van der Waals surface area contributed by atoms with Crippen LogP contribution in [-0.2, 0) is 5.41 Å². The van der Waals surface area contributed by atoms with Gasteiger partial charge in [-0.25, -0.2) is 9.97 Å². The van der Waals surface area contributed by atoms with Crippen LogP contribution < -0.4 is 0 Å². The zero-order chi connectivity index (χ0) is 10.3. The van der Waals surface area contributed by atoms with E-state index in [1.165, 1.54) is 6.33 Å². The summed E-state index contributed by atoms with van der Waals surface area (Å²) in [5, 5.41) is 0. The first-order chi connectivity index (χ1) is 6.48. The van der Waals surface area contributed by atoms with Crippen molar-refractivity contribution in [3.63, 3.8) is 0 Å². The lowest BCUT2D eigenvalue weighted by atomic mass is 9.91. The Hall–Kier alpha value is -1.38. The number of aromatic nitrogens is 2. The van der Waals surface area contributed by atoms with E-state index < -0.39 is 0 Å². The van der Waals surface area contributed by atoms with Crippen molar-refractivity contribution < 1.29 is 5.79 Å². The second-order valence-corrected chi connectivity index (χ2v) is 4.05. The predicted octanol–water partition coefficient (Wildman–Crippen LogP) is 2.52. The Morgan fingerprint density at radius 3 is 2.85 bits per heavy atom. The minimum atomic E-state index is -0.0918. The molecule has 0 atom stereocenters. The van der Waals surface area contributed by atoms with E-state index >= 15 is 0 Å². The lowest BCUT2D eigenvalue weighted by molar-refractivity contribution is 0.540. The third-order valence-corrected chi connectivity index (χ3v) is 1.90. The molecule has 0 aromatic carbocycles. The maximum atomic E-state index is 7.39. The van der Waals surface area contributed by atoms with E-state index in [1.807, 2.05) is 0 Å². The van der Waals surface area contributed by atoms with Gasteiger partial charge in [-0.3, -0.25) is 0 Å². The van der Waals surface area contributed by atoms with Crippen molar-refractivity contribution in [3.8, 4) is 0 Å². The van der Waals surface area contributed by atoms with Crippen LogP contribution in [0.1, 0.15) is 27.8 Å². The van der Waals surface area contributed by atoms with Gasteiger partial charge in [0.1, 0.15) is 13.2 Å². The molecule has 0 saturated heterocycles. The second kappa shape index (κ2) is 2.55. The summed E-state index contributed by atoms with van der Waals surface area (Å²) in [6.45, 7) is 6.17.